The molecule has 0 fully saturated rings. The van der Waals surface area contributed by atoms with Crippen LogP contribution in [0.4, 0.5) is 10.5 Å². The summed E-state index contributed by atoms with van der Waals surface area (Å²) >= 11 is 0. The van der Waals surface area contributed by atoms with E-state index in [9.17, 15) is 9.59 Å². The van der Waals surface area contributed by atoms with Crippen LogP contribution in [0.5, 0.6) is 11.5 Å². The molecule has 0 radical (unpaired) electrons. The van der Waals surface area contributed by atoms with Gasteiger partial charge in [0.15, 0.2) is 17.2 Å². The number of methoxy groups -OCH3 is 2. The maximum absolute atomic E-state index is 13.0. The Balaban J connectivity index is 1.81. The lowest BCUT2D eigenvalue weighted by atomic mass is 10.0. The lowest BCUT2D eigenvalue weighted by molar-refractivity contribution is 0.0222. The number of nitrogens with zero attached hydrogens (tertiary/aromatic N) is 3. The summed E-state index contributed by atoms with van der Waals surface area (Å²) in [5.41, 5.74) is 1.92. The second-order valence-corrected chi connectivity index (χ2v) is 8.07. The largest absolute Gasteiger partial charge is 0.493 e. The van der Waals surface area contributed by atoms with Gasteiger partial charge in [-0.1, -0.05) is 0 Å². The van der Waals surface area contributed by atoms with Gasteiger partial charge in [0.2, 0.25) is 0 Å². The third-order valence-corrected chi connectivity index (χ3v) is 4.75. The Morgan fingerprint density at radius 2 is 1.83 bits per heavy atom. The summed E-state index contributed by atoms with van der Waals surface area (Å²) in [5.74, 6) is 0.721. The molecular weight excluding hydrogens is 388 g/mol. The van der Waals surface area contributed by atoms with Crippen LogP contribution in [0, 0.1) is 0 Å². The molecule has 162 valence electrons. The number of amides is 2. The number of aryl methyl sites for hydroxylation is 1. The van der Waals surface area contributed by atoms with Crippen molar-refractivity contribution in [2.24, 2.45) is 7.05 Å². The molecule has 9 heteroatoms. The van der Waals surface area contributed by atoms with Crippen LogP contribution in [-0.4, -0.2) is 53.0 Å². The Labute approximate surface area is 175 Å². The first-order valence-electron chi connectivity index (χ1n) is 9.69. The van der Waals surface area contributed by atoms with Gasteiger partial charge in [0.05, 0.1) is 20.8 Å². The summed E-state index contributed by atoms with van der Waals surface area (Å²) in [7, 11) is 4.88. The number of carbonyl (C=O) groups excluding carboxylic acids is 2. The van der Waals surface area contributed by atoms with Gasteiger partial charge in [-0.05, 0) is 32.9 Å². The molecule has 0 saturated heterocycles. The van der Waals surface area contributed by atoms with E-state index in [-0.39, 0.29) is 18.1 Å². The molecule has 0 spiro atoms. The van der Waals surface area contributed by atoms with Crippen LogP contribution in [0.3, 0.4) is 0 Å². The summed E-state index contributed by atoms with van der Waals surface area (Å²) in [4.78, 5) is 27.0. The lowest BCUT2D eigenvalue weighted by Crippen LogP contribution is -2.40. The van der Waals surface area contributed by atoms with Crippen molar-refractivity contribution in [2.75, 3.05) is 26.1 Å². The van der Waals surface area contributed by atoms with Crippen LogP contribution in [-0.2, 0) is 24.8 Å². The van der Waals surface area contributed by atoms with Crippen molar-refractivity contribution in [2.45, 2.75) is 39.3 Å². The van der Waals surface area contributed by atoms with E-state index in [1.165, 1.54) is 7.11 Å². The van der Waals surface area contributed by atoms with Gasteiger partial charge in [0, 0.05) is 43.0 Å². The summed E-state index contributed by atoms with van der Waals surface area (Å²) in [5, 5.41) is 7.25. The van der Waals surface area contributed by atoms with Crippen LogP contribution < -0.4 is 14.8 Å². The molecule has 0 atom stereocenters. The SMILES string of the molecule is COc1ccc(NC(=O)c2nn(C)c3c2CN(C(=O)OC(C)(C)C)CC3)cc1OC. The Kier molecular flexibility index (Phi) is 5.91. The number of ether oxygens (including phenoxy) is 3. The lowest BCUT2D eigenvalue weighted by Gasteiger charge is -2.30. The van der Waals surface area contributed by atoms with Crippen LogP contribution in [0.2, 0.25) is 0 Å². The van der Waals surface area contributed by atoms with Crippen molar-refractivity contribution in [1.82, 2.24) is 14.7 Å². The van der Waals surface area contributed by atoms with Crippen molar-refractivity contribution < 1.29 is 23.8 Å². The maximum atomic E-state index is 13.0. The molecule has 1 aromatic heterocycles. The van der Waals surface area contributed by atoms with E-state index in [2.05, 4.69) is 10.4 Å². The number of rotatable bonds is 4. The first kappa shape index (κ1) is 21.5. The van der Waals surface area contributed by atoms with Crippen LogP contribution >= 0.6 is 0 Å². The van der Waals surface area contributed by atoms with Crippen LogP contribution in [0.1, 0.15) is 42.5 Å². The van der Waals surface area contributed by atoms with Gasteiger partial charge in [-0.15, -0.1) is 0 Å². The second kappa shape index (κ2) is 8.25. The number of anilines is 1. The highest BCUT2D eigenvalue weighted by Crippen LogP contribution is 2.30. The van der Waals surface area contributed by atoms with E-state index < -0.39 is 11.7 Å². The number of aromatic nitrogens is 2. The summed E-state index contributed by atoms with van der Waals surface area (Å²) in [6.07, 6.45) is 0.199. The van der Waals surface area contributed by atoms with E-state index in [4.69, 9.17) is 14.2 Å². The average molecular weight is 416 g/mol. The fourth-order valence-electron chi connectivity index (χ4n) is 3.36. The number of fused-ring (bicyclic) bond motifs is 1. The van der Waals surface area contributed by atoms with Gasteiger partial charge in [-0.3, -0.25) is 9.48 Å². The highest BCUT2D eigenvalue weighted by atomic mass is 16.6. The maximum Gasteiger partial charge on any atom is 0.410 e. The molecule has 1 aromatic carbocycles. The highest BCUT2D eigenvalue weighted by Gasteiger charge is 2.31. The number of carbonyl (C=O) groups is 2. The molecule has 1 aliphatic heterocycles. The Bertz CT molecular complexity index is 961. The fourth-order valence-corrected chi connectivity index (χ4v) is 3.36. The van der Waals surface area contributed by atoms with Crippen molar-refractivity contribution in [3.8, 4) is 11.5 Å². The van der Waals surface area contributed by atoms with Gasteiger partial charge < -0.3 is 24.4 Å². The molecule has 0 aliphatic carbocycles. The molecule has 2 amide bonds. The van der Waals surface area contributed by atoms with E-state index in [0.717, 1.165) is 11.3 Å². The molecule has 1 N–H and O–H groups in total. The minimum atomic E-state index is -0.583. The number of hydrogen-bond acceptors (Lipinski definition) is 6. The number of hydrogen-bond donors (Lipinski definition) is 1. The standard InChI is InChI=1S/C21H28N4O5/c1-21(2,3)30-20(27)25-10-9-15-14(12-25)18(23-24(15)4)19(26)22-13-7-8-16(28-5)17(11-13)29-6/h7-8,11H,9-10,12H2,1-6H3,(H,22,26). The average Bonchev–Trinajstić information content (AvgIpc) is 3.02. The zero-order valence-electron chi connectivity index (χ0n) is 18.2. The molecule has 0 bridgehead atoms. The zero-order valence-corrected chi connectivity index (χ0v) is 18.2. The quantitative estimate of drug-likeness (QED) is 0.823. The first-order chi connectivity index (χ1) is 14.1. The van der Waals surface area contributed by atoms with E-state index >= 15 is 0 Å². The molecule has 30 heavy (non-hydrogen) atoms. The highest BCUT2D eigenvalue weighted by molar-refractivity contribution is 6.04. The minimum Gasteiger partial charge on any atom is -0.493 e. The first-order valence-corrected chi connectivity index (χ1v) is 9.69. The van der Waals surface area contributed by atoms with Crippen molar-refractivity contribution >= 4 is 17.7 Å². The van der Waals surface area contributed by atoms with E-state index in [1.54, 1.807) is 41.9 Å². The Morgan fingerprint density at radius 1 is 1.13 bits per heavy atom. The predicted molar refractivity (Wildman–Crippen MR) is 111 cm³/mol. The minimum absolute atomic E-state index is 0.271. The van der Waals surface area contributed by atoms with Crippen molar-refractivity contribution in [1.29, 1.82) is 0 Å². The van der Waals surface area contributed by atoms with Gasteiger partial charge >= 0.3 is 6.09 Å². The van der Waals surface area contributed by atoms with Gasteiger partial charge in [-0.2, -0.15) is 5.10 Å². The second-order valence-electron chi connectivity index (χ2n) is 8.07. The normalized spacial score (nSPS) is 13.5. The molecule has 2 heterocycles. The molecule has 0 saturated carbocycles. The molecule has 2 aromatic rings. The number of benzene rings is 1. The monoisotopic (exact) mass is 416 g/mol. The van der Waals surface area contributed by atoms with Gasteiger partial charge in [-0.25, -0.2) is 4.79 Å². The third-order valence-electron chi connectivity index (χ3n) is 4.75. The molecule has 1 aliphatic rings. The van der Waals surface area contributed by atoms with Crippen LogP contribution in [0.15, 0.2) is 18.2 Å². The Morgan fingerprint density at radius 3 is 2.47 bits per heavy atom. The van der Waals surface area contributed by atoms with Gasteiger partial charge in [0.25, 0.3) is 5.91 Å². The van der Waals surface area contributed by atoms with E-state index in [1.807, 2.05) is 20.8 Å². The van der Waals surface area contributed by atoms with Crippen molar-refractivity contribution in [3.05, 3.63) is 35.2 Å². The smallest absolute Gasteiger partial charge is 0.410 e. The summed E-state index contributed by atoms with van der Waals surface area (Å²) in [6.45, 7) is 6.26. The topological polar surface area (TPSA) is 94.9 Å². The molecule has 3 rings (SSSR count). The van der Waals surface area contributed by atoms with E-state index in [0.29, 0.717) is 30.2 Å². The van der Waals surface area contributed by atoms with Crippen molar-refractivity contribution in [3.63, 3.8) is 0 Å². The molecule has 9 nitrogen and oxygen atoms in total. The fraction of sp³-hybridized carbons (Fsp3) is 0.476. The molecule has 0 unspecified atom stereocenters. The third kappa shape index (κ3) is 4.50. The molecular formula is C21H28N4O5. The Hall–Kier alpha value is -3.23. The number of nitrogens with one attached hydrogen (secondary N) is 1. The van der Waals surface area contributed by atoms with Gasteiger partial charge in [0.1, 0.15) is 5.60 Å². The zero-order chi connectivity index (χ0) is 22.1. The summed E-state index contributed by atoms with van der Waals surface area (Å²) < 4.78 is 17.7. The van der Waals surface area contributed by atoms with Crippen LogP contribution in [0.25, 0.3) is 0 Å². The summed E-state index contributed by atoms with van der Waals surface area (Å²) in [6, 6.07) is 5.12. The predicted octanol–water partition coefficient (Wildman–Crippen LogP) is 2.98.